The average Bonchev–Trinajstić information content (AvgIpc) is 3.00. The molecular formula is C19H22ClN5O. The van der Waals surface area contributed by atoms with Crippen LogP contribution in [-0.4, -0.2) is 45.0 Å². The van der Waals surface area contributed by atoms with Gasteiger partial charge in [-0.3, -0.25) is 10.1 Å². The van der Waals surface area contributed by atoms with Gasteiger partial charge < -0.3 is 9.47 Å². The Bertz CT molecular complexity index is 904. The molecule has 0 atom stereocenters. The molecule has 2 heterocycles. The second-order valence-corrected chi connectivity index (χ2v) is 6.26. The number of nitrogens with one attached hydrogen (secondary N) is 1. The number of likely N-dealkylation sites (N-methyl/N-ethyl adjacent to an activating group) is 1. The minimum atomic E-state index is -0.317. The predicted octanol–water partition coefficient (Wildman–Crippen LogP) is 3.68. The van der Waals surface area contributed by atoms with Crippen LogP contribution >= 0.6 is 11.6 Å². The van der Waals surface area contributed by atoms with Crippen LogP contribution in [-0.2, 0) is 6.54 Å². The van der Waals surface area contributed by atoms with Crippen LogP contribution in [0, 0.1) is 0 Å². The molecule has 0 aliphatic carbocycles. The summed E-state index contributed by atoms with van der Waals surface area (Å²) in [6, 6.07) is 11.2. The van der Waals surface area contributed by atoms with Gasteiger partial charge >= 0.3 is 0 Å². The first kappa shape index (κ1) is 18.4. The van der Waals surface area contributed by atoms with Gasteiger partial charge in [-0.2, -0.15) is 0 Å². The molecule has 3 rings (SSSR count). The van der Waals surface area contributed by atoms with Crippen molar-refractivity contribution >= 4 is 34.5 Å². The van der Waals surface area contributed by atoms with Gasteiger partial charge in [0.15, 0.2) is 0 Å². The Hall–Kier alpha value is -2.44. The summed E-state index contributed by atoms with van der Waals surface area (Å²) in [5, 5.41) is 3.06. The molecule has 1 aromatic carbocycles. The van der Waals surface area contributed by atoms with Crippen molar-refractivity contribution < 1.29 is 4.79 Å². The van der Waals surface area contributed by atoms with Crippen molar-refractivity contribution in [3.63, 3.8) is 0 Å². The van der Waals surface area contributed by atoms with Gasteiger partial charge in [-0.15, -0.1) is 0 Å². The number of aromatic nitrogens is 3. The van der Waals surface area contributed by atoms with E-state index < -0.39 is 0 Å². The molecule has 6 nitrogen and oxygen atoms in total. The maximum Gasteiger partial charge on any atom is 0.261 e. The zero-order valence-electron chi connectivity index (χ0n) is 14.9. The van der Waals surface area contributed by atoms with Gasteiger partial charge in [0.2, 0.25) is 5.95 Å². The number of hydrogen-bond donors (Lipinski definition) is 1. The molecule has 0 unspecified atom stereocenters. The molecule has 1 amide bonds. The van der Waals surface area contributed by atoms with Gasteiger partial charge in [-0.05, 0) is 37.4 Å². The van der Waals surface area contributed by atoms with E-state index in [-0.39, 0.29) is 11.1 Å². The molecule has 7 heteroatoms. The lowest BCUT2D eigenvalue weighted by molar-refractivity contribution is 0.102. The molecule has 136 valence electrons. The van der Waals surface area contributed by atoms with Gasteiger partial charge in [0.25, 0.3) is 5.91 Å². The van der Waals surface area contributed by atoms with Gasteiger partial charge in [0.1, 0.15) is 5.15 Å². The highest BCUT2D eigenvalue weighted by molar-refractivity contribution is 6.33. The number of nitrogens with zero attached hydrogens (tertiary/aromatic N) is 4. The fourth-order valence-electron chi connectivity index (χ4n) is 2.90. The third-order valence-corrected chi connectivity index (χ3v) is 4.72. The largest absolute Gasteiger partial charge is 0.309 e. The molecule has 0 radical (unpaired) electrons. The Balaban J connectivity index is 1.90. The van der Waals surface area contributed by atoms with Gasteiger partial charge in [-0.25, -0.2) is 9.97 Å². The molecule has 3 aromatic rings. The third-order valence-electron chi connectivity index (χ3n) is 4.42. The van der Waals surface area contributed by atoms with Crippen LogP contribution in [0.15, 0.2) is 42.6 Å². The monoisotopic (exact) mass is 371 g/mol. The first-order chi connectivity index (χ1) is 12.6. The zero-order chi connectivity index (χ0) is 18.5. The van der Waals surface area contributed by atoms with Crippen LogP contribution in [0.4, 0.5) is 5.95 Å². The van der Waals surface area contributed by atoms with Crippen LogP contribution < -0.4 is 5.32 Å². The van der Waals surface area contributed by atoms with Crippen molar-refractivity contribution in [1.82, 2.24) is 19.4 Å². The Morgan fingerprint density at radius 3 is 2.69 bits per heavy atom. The summed E-state index contributed by atoms with van der Waals surface area (Å²) < 4.78 is 2.04. The molecule has 0 fully saturated rings. The summed E-state index contributed by atoms with van der Waals surface area (Å²) in [5.74, 6) is 0.200. The van der Waals surface area contributed by atoms with Gasteiger partial charge in [0, 0.05) is 19.3 Å². The van der Waals surface area contributed by atoms with Crippen LogP contribution in [0.1, 0.15) is 24.2 Å². The van der Waals surface area contributed by atoms with Gasteiger partial charge in [0.05, 0.1) is 16.6 Å². The molecule has 0 bridgehead atoms. The number of halogens is 1. The minimum Gasteiger partial charge on any atom is -0.309 e. The number of carbonyl (C=O) groups is 1. The molecule has 0 spiro atoms. The van der Waals surface area contributed by atoms with E-state index in [0.29, 0.717) is 11.5 Å². The molecule has 0 aliphatic heterocycles. The maximum absolute atomic E-state index is 12.6. The second kappa shape index (κ2) is 8.29. The predicted molar refractivity (Wildman–Crippen MR) is 105 cm³/mol. The Kier molecular flexibility index (Phi) is 5.85. The number of carbonyl (C=O) groups excluding carboxylic acids is 1. The van der Waals surface area contributed by atoms with Crippen molar-refractivity contribution in [2.75, 3.05) is 25.0 Å². The highest BCUT2D eigenvalue weighted by atomic mass is 35.5. The van der Waals surface area contributed by atoms with E-state index in [4.69, 9.17) is 11.6 Å². The van der Waals surface area contributed by atoms with E-state index in [1.807, 2.05) is 28.8 Å². The van der Waals surface area contributed by atoms with Crippen LogP contribution in [0.5, 0.6) is 0 Å². The van der Waals surface area contributed by atoms with Crippen molar-refractivity contribution in [3.8, 4) is 0 Å². The zero-order valence-corrected chi connectivity index (χ0v) is 15.7. The van der Waals surface area contributed by atoms with E-state index in [2.05, 4.69) is 34.0 Å². The molecule has 0 saturated heterocycles. The summed E-state index contributed by atoms with van der Waals surface area (Å²) in [4.78, 5) is 23.5. The molecular weight excluding hydrogens is 350 g/mol. The number of fused-ring (bicyclic) bond motifs is 1. The number of amides is 1. The lowest BCUT2D eigenvalue weighted by Crippen LogP contribution is -2.27. The fraction of sp³-hybridized carbons (Fsp3) is 0.316. The third kappa shape index (κ3) is 3.86. The SMILES string of the molecule is CCN(CC)CCn1c(NC(=O)c2cccnc2Cl)nc2ccccc21. The lowest BCUT2D eigenvalue weighted by Gasteiger charge is -2.19. The van der Waals surface area contributed by atoms with E-state index in [1.54, 1.807) is 18.3 Å². The summed E-state index contributed by atoms with van der Waals surface area (Å²) in [5.41, 5.74) is 2.17. The van der Waals surface area contributed by atoms with Crippen LogP contribution in [0.25, 0.3) is 11.0 Å². The molecule has 1 N–H and O–H groups in total. The highest BCUT2D eigenvalue weighted by Crippen LogP contribution is 2.21. The van der Waals surface area contributed by atoms with E-state index in [9.17, 15) is 4.79 Å². The second-order valence-electron chi connectivity index (χ2n) is 5.90. The average molecular weight is 372 g/mol. The Morgan fingerprint density at radius 1 is 1.19 bits per heavy atom. The number of benzene rings is 1. The van der Waals surface area contributed by atoms with Crippen molar-refractivity contribution in [2.24, 2.45) is 0 Å². The first-order valence-electron chi connectivity index (χ1n) is 8.73. The minimum absolute atomic E-state index is 0.177. The first-order valence-corrected chi connectivity index (χ1v) is 9.11. The van der Waals surface area contributed by atoms with Crippen molar-refractivity contribution in [3.05, 3.63) is 53.3 Å². The van der Waals surface area contributed by atoms with Crippen molar-refractivity contribution in [1.29, 1.82) is 0 Å². The molecule has 0 saturated carbocycles. The Morgan fingerprint density at radius 2 is 1.96 bits per heavy atom. The molecule has 26 heavy (non-hydrogen) atoms. The number of anilines is 1. The number of rotatable bonds is 7. The summed E-state index contributed by atoms with van der Waals surface area (Å²) in [7, 11) is 0. The van der Waals surface area contributed by atoms with E-state index >= 15 is 0 Å². The highest BCUT2D eigenvalue weighted by Gasteiger charge is 2.16. The van der Waals surface area contributed by atoms with Crippen molar-refractivity contribution in [2.45, 2.75) is 20.4 Å². The van der Waals surface area contributed by atoms with E-state index in [1.165, 1.54) is 0 Å². The standard InChI is InChI=1S/C19H22ClN5O/c1-3-24(4-2)12-13-25-16-10-6-5-9-15(16)22-19(25)23-18(26)14-8-7-11-21-17(14)20/h5-11H,3-4,12-13H2,1-2H3,(H,22,23,26). The molecule has 2 aromatic heterocycles. The lowest BCUT2D eigenvalue weighted by atomic mass is 10.3. The smallest absolute Gasteiger partial charge is 0.261 e. The summed E-state index contributed by atoms with van der Waals surface area (Å²) >= 11 is 6.04. The summed E-state index contributed by atoms with van der Waals surface area (Å²) in [6.07, 6.45) is 1.55. The topological polar surface area (TPSA) is 63.0 Å². The number of para-hydroxylation sites is 2. The number of imidazole rings is 1. The number of pyridine rings is 1. The Labute approximate surface area is 157 Å². The maximum atomic E-state index is 12.6. The van der Waals surface area contributed by atoms with Crippen LogP contribution in [0.2, 0.25) is 5.15 Å². The number of hydrogen-bond acceptors (Lipinski definition) is 4. The van der Waals surface area contributed by atoms with Gasteiger partial charge in [-0.1, -0.05) is 37.6 Å². The van der Waals surface area contributed by atoms with Crippen LogP contribution in [0.3, 0.4) is 0 Å². The fourth-order valence-corrected chi connectivity index (χ4v) is 3.11. The molecule has 0 aliphatic rings. The van der Waals surface area contributed by atoms with E-state index in [0.717, 1.165) is 37.2 Å². The summed E-state index contributed by atoms with van der Waals surface area (Å²) in [6.45, 7) is 7.86. The quantitative estimate of drug-likeness (QED) is 0.643. The normalized spacial score (nSPS) is 11.2.